The summed E-state index contributed by atoms with van der Waals surface area (Å²) in [7, 11) is -3.76. The largest absolute Gasteiger partial charge is 0.310 e. The summed E-state index contributed by atoms with van der Waals surface area (Å²) >= 11 is 4.98. The zero-order valence-electron chi connectivity index (χ0n) is 13.7. The Balaban J connectivity index is 2.00. The lowest BCUT2D eigenvalue weighted by atomic mass is 10.2. The average Bonchev–Trinajstić information content (AvgIpc) is 2.55. The van der Waals surface area contributed by atoms with E-state index in [-0.39, 0.29) is 16.1 Å². The molecule has 1 aliphatic rings. The minimum Gasteiger partial charge on any atom is -0.310 e. The molecule has 2 aromatic carbocycles. The second-order valence-corrected chi connectivity index (χ2v) is 9.79. The lowest BCUT2D eigenvalue weighted by Crippen LogP contribution is -2.37. The van der Waals surface area contributed by atoms with Crippen LogP contribution >= 0.6 is 27.7 Å². The highest BCUT2D eigenvalue weighted by molar-refractivity contribution is 9.10. The molecule has 1 atom stereocenters. The molecule has 1 amide bonds. The van der Waals surface area contributed by atoms with E-state index in [1.165, 1.54) is 6.92 Å². The van der Waals surface area contributed by atoms with E-state index >= 15 is 0 Å². The fourth-order valence-electron chi connectivity index (χ4n) is 2.63. The van der Waals surface area contributed by atoms with Crippen molar-refractivity contribution in [3.8, 4) is 0 Å². The predicted molar refractivity (Wildman–Crippen MR) is 105 cm³/mol. The molecule has 0 radical (unpaired) electrons. The van der Waals surface area contributed by atoms with Gasteiger partial charge in [0, 0.05) is 28.1 Å². The van der Waals surface area contributed by atoms with Gasteiger partial charge in [-0.05, 0) is 46.3 Å². The van der Waals surface area contributed by atoms with E-state index in [2.05, 4.69) is 20.7 Å². The molecule has 1 N–H and O–H groups in total. The van der Waals surface area contributed by atoms with Gasteiger partial charge in [-0.3, -0.25) is 9.52 Å². The summed E-state index contributed by atoms with van der Waals surface area (Å²) in [4.78, 5) is 14.6. The summed E-state index contributed by atoms with van der Waals surface area (Å²) in [5, 5.41) is 0.261. The number of halogens is 1. The van der Waals surface area contributed by atoms with E-state index in [1.807, 2.05) is 13.0 Å². The van der Waals surface area contributed by atoms with Gasteiger partial charge in [0.05, 0.1) is 16.3 Å². The van der Waals surface area contributed by atoms with E-state index in [0.29, 0.717) is 22.4 Å². The van der Waals surface area contributed by atoms with Gasteiger partial charge in [0.2, 0.25) is 5.91 Å². The normalized spacial score (nSPS) is 17.1. The Morgan fingerprint density at radius 3 is 2.68 bits per heavy atom. The molecular weight excluding hydrogens is 424 g/mol. The maximum atomic E-state index is 12.7. The fraction of sp³-hybridized carbons (Fsp3) is 0.235. The van der Waals surface area contributed by atoms with Crippen molar-refractivity contribution >= 4 is 55.0 Å². The first-order valence-corrected chi connectivity index (χ1v) is 10.8. The van der Waals surface area contributed by atoms with E-state index in [9.17, 15) is 13.2 Å². The van der Waals surface area contributed by atoms with Gasteiger partial charge in [-0.2, -0.15) is 0 Å². The molecule has 25 heavy (non-hydrogen) atoms. The number of para-hydroxylation sites is 1. The summed E-state index contributed by atoms with van der Waals surface area (Å²) in [5.74, 6) is -0.0956. The Morgan fingerprint density at radius 2 is 2.00 bits per heavy atom. The van der Waals surface area contributed by atoms with Crippen molar-refractivity contribution in [3.05, 3.63) is 46.9 Å². The van der Waals surface area contributed by atoms with Crippen LogP contribution in [-0.4, -0.2) is 26.1 Å². The van der Waals surface area contributed by atoms with Crippen LogP contribution in [0.1, 0.15) is 13.8 Å². The SMILES string of the molecule is CC(=O)N1CC(C)Sc2ccc(S(=O)(=O)Nc3ccccc3Br)cc21. The highest BCUT2D eigenvalue weighted by Gasteiger charge is 2.27. The molecule has 2 aromatic rings. The second-order valence-electron chi connectivity index (χ2n) is 5.77. The standard InChI is InChI=1S/C17H17BrN2O3S2/c1-11-10-20(12(2)21)16-9-13(7-8-17(16)24-11)25(22,23)19-15-6-4-3-5-14(15)18/h3-9,11,19H,10H2,1-2H3. The average molecular weight is 441 g/mol. The van der Waals surface area contributed by atoms with Gasteiger partial charge in [-0.15, -0.1) is 11.8 Å². The number of benzene rings is 2. The maximum absolute atomic E-state index is 12.7. The topological polar surface area (TPSA) is 66.5 Å². The van der Waals surface area contributed by atoms with Crippen LogP contribution in [0.5, 0.6) is 0 Å². The van der Waals surface area contributed by atoms with Gasteiger partial charge in [-0.1, -0.05) is 19.1 Å². The van der Waals surface area contributed by atoms with Crippen molar-refractivity contribution in [1.82, 2.24) is 0 Å². The number of carbonyl (C=O) groups excluding carboxylic acids is 1. The quantitative estimate of drug-likeness (QED) is 0.779. The van der Waals surface area contributed by atoms with E-state index in [4.69, 9.17) is 0 Å². The van der Waals surface area contributed by atoms with Crippen LogP contribution < -0.4 is 9.62 Å². The Morgan fingerprint density at radius 1 is 1.28 bits per heavy atom. The summed E-state index contributed by atoms with van der Waals surface area (Å²) in [6.45, 7) is 4.10. The molecule has 0 saturated heterocycles. The third-order valence-electron chi connectivity index (χ3n) is 3.80. The van der Waals surface area contributed by atoms with Crippen molar-refractivity contribution in [2.24, 2.45) is 0 Å². The summed E-state index contributed by atoms with van der Waals surface area (Å²) in [6.07, 6.45) is 0. The number of carbonyl (C=O) groups is 1. The number of sulfonamides is 1. The van der Waals surface area contributed by atoms with Crippen LogP contribution in [0, 0.1) is 0 Å². The molecule has 3 rings (SSSR count). The maximum Gasteiger partial charge on any atom is 0.262 e. The van der Waals surface area contributed by atoms with Gasteiger partial charge in [-0.25, -0.2) is 8.42 Å². The van der Waals surface area contributed by atoms with Crippen LogP contribution in [0.3, 0.4) is 0 Å². The van der Waals surface area contributed by atoms with Gasteiger partial charge in [0.1, 0.15) is 0 Å². The summed E-state index contributed by atoms with van der Waals surface area (Å²) in [6, 6.07) is 11.9. The molecule has 0 aliphatic carbocycles. The van der Waals surface area contributed by atoms with Crippen molar-refractivity contribution in [2.75, 3.05) is 16.2 Å². The van der Waals surface area contributed by atoms with Gasteiger partial charge in [0.15, 0.2) is 0 Å². The molecule has 5 nitrogen and oxygen atoms in total. The van der Waals surface area contributed by atoms with Crippen molar-refractivity contribution in [2.45, 2.75) is 28.9 Å². The van der Waals surface area contributed by atoms with E-state index in [1.54, 1.807) is 53.1 Å². The third kappa shape index (κ3) is 3.86. The smallest absolute Gasteiger partial charge is 0.262 e. The van der Waals surface area contributed by atoms with E-state index < -0.39 is 10.0 Å². The van der Waals surface area contributed by atoms with Crippen LogP contribution in [0.15, 0.2) is 56.7 Å². The number of nitrogens with one attached hydrogen (secondary N) is 1. The van der Waals surface area contributed by atoms with Crippen LogP contribution in [0.2, 0.25) is 0 Å². The fourth-order valence-corrected chi connectivity index (χ4v) is 5.34. The molecule has 0 aromatic heterocycles. The second kappa shape index (κ2) is 7.01. The number of hydrogen-bond donors (Lipinski definition) is 1. The van der Waals surface area contributed by atoms with Gasteiger partial charge >= 0.3 is 0 Å². The number of hydrogen-bond acceptors (Lipinski definition) is 4. The molecular formula is C17H17BrN2O3S2. The number of thioether (sulfide) groups is 1. The Kier molecular flexibility index (Phi) is 5.13. The Bertz CT molecular complexity index is 931. The highest BCUT2D eigenvalue weighted by atomic mass is 79.9. The Labute approximate surface area is 160 Å². The number of rotatable bonds is 3. The molecule has 1 unspecified atom stereocenters. The molecule has 0 spiro atoms. The van der Waals surface area contributed by atoms with Crippen LogP contribution in [-0.2, 0) is 14.8 Å². The number of nitrogens with zero attached hydrogens (tertiary/aromatic N) is 1. The summed E-state index contributed by atoms with van der Waals surface area (Å²) in [5.41, 5.74) is 1.11. The highest BCUT2D eigenvalue weighted by Crippen LogP contribution is 2.40. The lowest BCUT2D eigenvalue weighted by Gasteiger charge is -2.32. The Hall–Kier alpha value is -1.51. The first-order chi connectivity index (χ1) is 11.8. The predicted octanol–water partition coefficient (Wildman–Crippen LogP) is 4.10. The number of anilines is 2. The first kappa shape index (κ1) is 18.3. The lowest BCUT2D eigenvalue weighted by molar-refractivity contribution is -0.116. The number of amides is 1. The number of fused-ring (bicyclic) bond motifs is 1. The van der Waals surface area contributed by atoms with Gasteiger partial charge < -0.3 is 4.90 Å². The molecule has 0 saturated carbocycles. The van der Waals surface area contributed by atoms with E-state index in [0.717, 1.165) is 4.90 Å². The molecule has 1 heterocycles. The van der Waals surface area contributed by atoms with Crippen molar-refractivity contribution in [1.29, 1.82) is 0 Å². The van der Waals surface area contributed by atoms with Crippen molar-refractivity contribution in [3.63, 3.8) is 0 Å². The zero-order chi connectivity index (χ0) is 18.2. The first-order valence-electron chi connectivity index (χ1n) is 7.64. The monoisotopic (exact) mass is 440 g/mol. The third-order valence-corrected chi connectivity index (χ3v) is 7.00. The minimum atomic E-state index is -3.76. The van der Waals surface area contributed by atoms with Crippen LogP contribution in [0.4, 0.5) is 11.4 Å². The zero-order valence-corrected chi connectivity index (χ0v) is 16.9. The summed E-state index contributed by atoms with van der Waals surface area (Å²) < 4.78 is 28.7. The molecule has 0 bridgehead atoms. The molecule has 8 heteroatoms. The van der Waals surface area contributed by atoms with Gasteiger partial charge in [0.25, 0.3) is 10.0 Å². The molecule has 1 aliphatic heterocycles. The minimum absolute atomic E-state index is 0.0956. The molecule has 0 fully saturated rings. The molecule has 132 valence electrons. The van der Waals surface area contributed by atoms with Crippen molar-refractivity contribution < 1.29 is 13.2 Å². The van der Waals surface area contributed by atoms with Crippen LogP contribution in [0.25, 0.3) is 0 Å².